The lowest BCUT2D eigenvalue weighted by Crippen LogP contribution is -2.40. The van der Waals surface area contributed by atoms with Gasteiger partial charge in [0.1, 0.15) is 0 Å². The van der Waals surface area contributed by atoms with E-state index >= 15 is 0 Å². The fraction of sp³-hybridized carbons (Fsp3) is 0.750. The molecule has 5 heteroatoms. The maximum absolute atomic E-state index is 11.9. The Morgan fingerprint density at radius 2 is 2.11 bits per heavy atom. The minimum atomic E-state index is -3.86. The third-order valence-electron chi connectivity index (χ3n) is 0.813. The van der Waals surface area contributed by atoms with Crippen molar-refractivity contribution in [2.45, 2.75) is 19.0 Å². The molecule has 1 radical (unpaired) electrons. The molecule has 0 aliphatic heterocycles. The average Bonchev–Trinajstić information content (AvgIpc) is 1.65. The smallest absolute Gasteiger partial charge is 0.351 e. The first-order valence-electron chi connectivity index (χ1n) is 2.16. The lowest BCUT2D eigenvalue weighted by molar-refractivity contribution is -0.200. The number of alkyl halides is 2. The van der Waals surface area contributed by atoms with Gasteiger partial charge in [0.15, 0.2) is 6.17 Å². The van der Waals surface area contributed by atoms with E-state index in [9.17, 15) is 18.7 Å². The largest absolute Gasteiger partial charge is 0.422 e. The summed E-state index contributed by atoms with van der Waals surface area (Å²) in [5.41, 5.74) is 0. The highest BCUT2D eigenvalue weighted by atomic mass is 19.2. The normalized spacial score (nSPS) is 20.4. The summed E-state index contributed by atoms with van der Waals surface area (Å²) in [7, 11) is 0. The average molecular weight is 139 g/mol. The molecule has 0 bridgehead atoms. The molecule has 2 atom stereocenters. The number of carbonyl (C=O) groups is 1. The molecule has 0 spiro atoms. The zero-order valence-corrected chi connectivity index (χ0v) is 4.60. The Morgan fingerprint density at radius 1 is 1.78 bits per heavy atom. The second-order valence-electron chi connectivity index (χ2n) is 1.58. The molecule has 53 valence electrons. The molecule has 0 aromatic heterocycles. The Hall–Kier alpha value is -0.710. The maximum atomic E-state index is 11.9. The quantitative estimate of drug-likeness (QED) is 0.583. The zero-order valence-electron chi connectivity index (χ0n) is 4.60. The number of halogens is 2. The van der Waals surface area contributed by atoms with Crippen LogP contribution in [0, 0.1) is 0 Å². The van der Waals surface area contributed by atoms with E-state index < -0.39 is 18.0 Å². The van der Waals surface area contributed by atoms with Crippen LogP contribution >= 0.6 is 0 Å². The van der Waals surface area contributed by atoms with Gasteiger partial charge in [-0.25, -0.2) is 14.3 Å². The van der Waals surface area contributed by atoms with Crippen molar-refractivity contribution in [2.75, 3.05) is 0 Å². The van der Waals surface area contributed by atoms with Crippen LogP contribution in [0.25, 0.3) is 0 Å². The van der Waals surface area contributed by atoms with E-state index in [0.717, 1.165) is 0 Å². The Morgan fingerprint density at radius 3 is 2.11 bits per heavy atom. The Balaban J connectivity index is 4.19. The van der Waals surface area contributed by atoms with E-state index in [4.69, 9.17) is 5.11 Å². The van der Waals surface area contributed by atoms with Crippen molar-refractivity contribution >= 4 is 5.97 Å². The van der Waals surface area contributed by atoms with Gasteiger partial charge < -0.3 is 5.11 Å². The summed E-state index contributed by atoms with van der Waals surface area (Å²) in [6.07, 6.45) is -2.48. The third kappa shape index (κ3) is 1.60. The van der Waals surface area contributed by atoms with Crippen LogP contribution in [0.15, 0.2) is 0 Å². The molecule has 0 heterocycles. The molecule has 9 heavy (non-hydrogen) atoms. The first kappa shape index (κ1) is 8.29. The van der Waals surface area contributed by atoms with Crippen LogP contribution in [0.5, 0.6) is 0 Å². The minimum absolute atomic E-state index is 0.579. The van der Waals surface area contributed by atoms with E-state index in [1.807, 2.05) is 0 Å². The van der Waals surface area contributed by atoms with Gasteiger partial charge >= 0.3 is 11.8 Å². The highest BCUT2D eigenvalue weighted by Crippen LogP contribution is 2.15. The van der Waals surface area contributed by atoms with Crippen molar-refractivity contribution in [3.05, 3.63) is 0 Å². The zero-order chi connectivity index (χ0) is 7.65. The molecule has 0 aromatic carbocycles. The monoisotopic (exact) mass is 139 g/mol. The molecule has 0 aliphatic rings. The van der Waals surface area contributed by atoms with Gasteiger partial charge in [0.25, 0.3) is 0 Å². The van der Waals surface area contributed by atoms with Gasteiger partial charge in [-0.2, -0.15) is 4.39 Å². The van der Waals surface area contributed by atoms with Crippen LogP contribution in [0.1, 0.15) is 6.92 Å². The summed E-state index contributed by atoms with van der Waals surface area (Å²) in [5.74, 6) is -6.32. The van der Waals surface area contributed by atoms with Gasteiger partial charge in [0, 0.05) is 0 Å². The SMILES string of the molecule is CC(F)C(O)(F)C([O])=O. The van der Waals surface area contributed by atoms with Crippen LogP contribution in [0.3, 0.4) is 0 Å². The molecule has 0 rings (SSSR count). The molecule has 3 nitrogen and oxygen atoms in total. The van der Waals surface area contributed by atoms with Crippen molar-refractivity contribution in [3.8, 4) is 0 Å². The van der Waals surface area contributed by atoms with Crippen LogP contribution in [0.4, 0.5) is 8.78 Å². The highest BCUT2D eigenvalue weighted by molar-refractivity contribution is 5.75. The van der Waals surface area contributed by atoms with Crippen LogP contribution in [0.2, 0.25) is 0 Å². The van der Waals surface area contributed by atoms with E-state index in [-0.39, 0.29) is 0 Å². The van der Waals surface area contributed by atoms with Gasteiger partial charge in [0.2, 0.25) is 0 Å². The van der Waals surface area contributed by atoms with Gasteiger partial charge in [-0.05, 0) is 6.92 Å². The molecular weight excluding hydrogens is 134 g/mol. The first-order chi connectivity index (χ1) is 3.89. The van der Waals surface area contributed by atoms with Crippen LogP contribution in [-0.4, -0.2) is 23.1 Å². The number of hydrogen-bond donors (Lipinski definition) is 1. The van der Waals surface area contributed by atoms with Crippen molar-refractivity contribution in [1.29, 1.82) is 0 Å². The van der Waals surface area contributed by atoms with E-state index in [1.165, 1.54) is 0 Å². The first-order valence-corrected chi connectivity index (χ1v) is 2.16. The fourth-order valence-electron chi connectivity index (χ4n) is 0.162. The van der Waals surface area contributed by atoms with Crippen molar-refractivity contribution in [3.63, 3.8) is 0 Å². The number of hydrogen-bond acceptors (Lipinski definition) is 2. The Kier molecular flexibility index (Phi) is 2.08. The lowest BCUT2D eigenvalue weighted by Gasteiger charge is -2.11. The van der Waals surface area contributed by atoms with Crippen LogP contribution < -0.4 is 0 Å². The fourth-order valence-corrected chi connectivity index (χ4v) is 0.162. The lowest BCUT2D eigenvalue weighted by atomic mass is 10.2. The summed E-state index contributed by atoms with van der Waals surface area (Å²) >= 11 is 0. The second-order valence-corrected chi connectivity index (χ2v) is 1.58. The molecule has 0 amide bonds. The van der Waals surface area contributed by atoms with E-state index in [2.05, 4.69) is 0 Å². The molecule has 2 unspecified atom stereocenters. The highest BCUT2D eigenvalue weighted by Gasteiger charge is 2.44. The predicted octanol–water partition coefficient (Wildman–Crippen LogP) is -0.0404. The summed E-state index contributed by atoms with van der Waals surface area (Å²) < 4.78 is 23.5. The van der Waals surface area contributed by atoms with E-state index in [0.29, 0.717) is 6.92 Å². The summed E-state index contributed by atoms with van der Waals surface area (Å²) in [5, 5.41) is 17.5. The van der Waals surface area contributed by atoms with Crippen molar-refractivity contribution < 1.29 is 23.8 Å². The van der Waals surface area contributed by atoms with E-state index in [1.54, 1.807) is 0 Å². The predicted molar refractivity (Wildman–Crippen MR) is 22.3 cm³/mol. The maximum Gasteiger partial charge on any atom is 0.422 e. The Labute approximate surface area is 49.9 Å². The number of carbonyl (C=O) groups excluding carboxylic acids is 1. The van der Waals surface area contributed by atoms with Crippen LogP contribution in [-0.2, 0) is 9.90 Å². The standard InChI is InChI=1S/C4H5F2O3/c1-2(5)4(6,9)3(7)8/h2,9H,1H3. The summed E-state index contributed by atoms with van der Waals surface area (Å²) in [6.45, 7) is 0.579. The molecule has 0 saturated heterocycles. The number of rotatable bonds is 2. The molecule has 0 aromatic rings. The summed E-state index contributed by atoms with van der Waals surface area (Å²) in [4.78, 5) is 9.49. The Bertz CT molecular complexity index is 121. The number of aliphatic hydroxyl groups is 1. The third-order valence-corrected chi connectivity index (χ3v) is 0.813. The molecular formula is C4H5F2O3. The second kappa shape index (κ2) is 2.26. The topological polar surface area (TPSA) is 57.2 Å². The molecule has 0 fully saturated rings. The van der Waals surface area contributed by atoms with Gasteiger partial charge in [0.05, 0.1) is 0 Å². The van der Waals surface area contributed by atoms with Gasteiger partial charge in [-0.3, -0.25) is 0 Å². The van der Waals surface area contributed by atoms with Crippen molar-refractivity contribution in [2.24, 2.45) is 0 Å². The minimum Gasteiger partial charge on any atom is -0.351 e. The molecule has 0 aliphatic carbocycles. The molecule has 0 saturated carbocycles. The molecule has 1 N–H and O–H groups in total. The summed E-state index contributed by atoms with van der Waals surface area (Å²) in [6, 6.07) is 0. The van der Waals surface area contributed by atoms with Gasteiger partial charge in [-0.15, -0.1) is 0 Å². The van der Waals surface area contributed by atoms with Crippen molar-refractivity contribution in [1.82, 2.24) is 0 Å². The van der Waals surface area contributed by atoms with Gasteiger partial charge in [-0.1, -0.05) is 0 Å².